The SMILES string of the molecule is CCOC(=O)c1ccc(C(C)N2N=C(c3cc(Cl)cc(Cl)c3)CC2=O)cc1. The molecule has 5 nitrogen and oxygen atoms in total. The topological polar surface area (TPSA) is 59.0 Å². The van der Waals surface area contributed by atoms with Crippen molar-refractivity contribution in [2.24, 2.45) is 5.10 Å². The Kier molecular flexibility index (Phi) is 5.82. The average molecular weight is 405 g/mol. The van der Waals surface area contributed by atoms with Crippen molar-refractivity contribution in [3.05, 3.63) is 69.2 Å². The van der Waals surface area contributed by atoms with Crippen LogP contribution in [0, 0.1) is 0 Å². The van der Waals surface area contributed by atoms with Gasteiger partial charge in [0.2, 0.25) is 5.91 Å². The van der Waals surface area contributed by atoms with Crippen molar-refractivity contribution in [1.82, 2.24) is 5.01 Å². The Balaban J connectivity index is 1.82. The lowest BCUT2D eigenvalue weighted by atomic mass is 10.1. The highest BCUT2D eigenvalue weighted by atomic mass is 35.5. The van der Waals surface area contributed by atoms with Crippen LogP contribution in [0.25, 0.3) is 0 Å². The van der Waals surface area contributed by atoms with Crippen molar-refractivity contribution in [3.63, 3.8) is 0 Å². The van der Waals surface area contributed by atoms with E-state index >= 15 is 0 Å². The number of halogens is 2. The summed E-state index contributed by atoms with van der Waals surface area (Å²) in [5.41, 5.74) is 2.69. The van der Waals surface area contributed by atoms with E-state index in [9.17, 15) is 9.59 Å². The van der Waals surface area contributed by atoms with E-state index in [1.807, 2.05) is 6.92 Å². The molecule has 0 saturated carbocycles. The van der Waals surface area contributed by atoms with Gasteiger partial charge in [0, 0.05) is 15.6 Å². The van der Waals surface area contributed by atoms with E-state index in [0.29, 0.717) is 27.9 Å². The maximum absolute atomic E-state index is 12.5. The number of hydrogen-bond donors (Lipinski definition) is 0. The van der Waals surface area contributed by atoms with Crippen LogP contribution in [-0.2, 0) is 9.53 Å². The monoisotopic (exact) mass is 404 g/mol. The molecule has 1 heterocycles. The van der Waals surface area contributed by atoms with Gasteiger partial charge in [-0.3, -0.25) is 4.79 Å². The fraction of sp³-hybridized carbons (Fsp3) is 0.250. The van der Waals surface area contributed by atoms with Crippen LogP contribution in [0.2, 0.25) is 10.0 Å². The third kappa shape index (κ3) is 4.31. The number of amides is 1. The van der Waals surface area contributed by atoms with Crippen molar-refractivity contribution in [3.8, 4) is 0 Å². The maximum atomic E-state index is 12.5. The van der Waals surface area contributed by atoms with E-state index in [0.717, 1.165) is 11.1 Å². The van der Waals surface area contributed by atoms with E-state index in [-0.39, 0.29) is 24.3 Å². The molecule has 3 rings (SSSR count). The number of rotatable bonds is 5. The summed E-state index contributed by atoms with van der Waals surface area (Å²) in [4.78, 5) is 24.2. The summed E-state index contributed by atoms with van der Waals surface area (Å²) in [6.07, 6.45) is 0.182. The van der Waals surface area contributed by atoms with Crippen LogP contribution in [0.3, 0.4) is 0 Å². The number of benzene rings is 2. The van der Waals surface area contributed by atoms with Gasteiger partial charge in [-0.2, -0.15) is 5.10 Å². The van der Waals surface area contributed by atoms with Crippen molar-refractivity contribution >= 4 is 40.8 Å². The highest BCUT2D eigenvalue weighted by molar-refractivity contribution is 6.35. The lowest BCUT2D eigenvalue weighted by molar-refractivity contribution is -0.130. The van der Waals surface area contributed by atoms with Crippen LogP contribution >= 0.6 is 23.2 Å². The Morgan fingerprint density at radius 2 is 1.81 bits per heavy atom. The van der Waals surface area contributed by atoms with Gasteiger partial charge >= 0.3 is 5.97 Å². The van der Waals surface area contributed by atoms with Gasteiger partial charge in [-0.25, -0.2) is 9.80 Å². The first-order valence-corrected chi connectivity index (χ1v) is 9.27. The van der Waals surface area contributed by atoms with Crippen molar-refractivity contribution < 1.29 is 14.3 Å². The van der Waals surface area contributed by atoms with Crippen LogP contribution in [0.15, 0.2) is 47.6 Å². The van der Waals surface area contributed by atoms with Gasteiger partial charge in [-0.15, -0.1) is 0 Å². The largest absolute Gasteiger partial charge is 0.462 e. The van der Waals surface area contributed by atoms with E-state index in [1.54, 1.807) is 49.4 Å². The lowest BCUT2D eigenvalue weighted by Gasteiger charge is -2.21. The highest BCUT2D eigenvalue weighted by Gasteiger charge is 2.29. The Bertz CT molecular complexity index is 890. The molecule has 1 aliphatic heterocycles. The Hall–Kier alpha value is -2.37. The van der Waals surface area contributed by atoms with Gasteiger partial charge in [-0.05, 0) is 49.7 Å². The first kappa shape index (κ1) is 19.4. The molecule has 1 atom stereocenters. The van der Waals surface area contributed by atoms with Crippen molar-refractivity contribution in [2.45, 2.75) is 26.3 Å². The second-order valence-electron chi connectivity index (χ2n) is 6.14. The van der Waals surface area contributed by atoms with Gasteiger partial charge in [0.25, 0.3) is 0 Å². The van der Waals surface area contributed by atoms with Gasteiger partial charge in [0.1, 0.15) is 0 Å². The summed E-state index contributed by atoms with van der Waals surface area (Å²) < 4.78 is 4.98. The zero-order valence-electron chi connectivity index (χ0n) is 14.9. The summed E-state index contributed by atoms with van der Waals surface area (Å²) in [5, 5.41) is 6.91. The Labute approximate surface area is 167 Å². The molecule has 0 aromatic heterocycles. The molecule has 0 aliphatic carbocycles. The number of nitrogens with zero attached hydrogens (tertiary/aromatic N) is 2. The average Bonchev–Trinajstić information content (AvgIpc) is 3.02. The standard InChI is InChI=1S/C20H18Cl2N2O3/c1-3-27-20(26)14-6-4-13(5-7-14)12(2)24-19(25)11-18(23-24)15-8-16(21)10-17(22)9-15/h4-10,12H,3,11H2,1-2H3. The molecule has 1 unspecified atom stereocenters. The fourth-order valence-electron chi connectivity index (χ4n) is 2.88. The zero-order chi connectivity index (χ0) is 19.6. The smallest absolute Gasteiger partial charge is 0.338 e. The molecule has 0 bridgehead atoms. The number of hydrogen-bond acceptors (Lipinski definition) is 4. The van der Waals surface area contributed by atoms with E-state index in [4.69, 9.17) is 27.9 Å². The summed E-state index contributed by atoms with van der Waals surface area (Å²) in [6, 6.07) is 11.8. The minimum absolute atomic E-state index is 0.108. The van der Waals surface area contributed by atoms with E-state index < -0.39 is 0 Å². The summed E-state index contributed by atoms with van der Waals surface area (Å²) in [7, 11) is 0. The normalized spacial score (nSPS) is 14.9. The number of carbonyl (C=O) groups excluding carboxylic acids is 2. The molecule has 2 aromatic carbocycles. The summed E-state index contributed by atoms with van der Waals surface area (Å²) >= 11 is 12.1. The predicted octanol–water partition coefficient (Wildman–Crippen LogP) is 4.87. The summed E-state index contributed by atoms with van der Waals surface area (Å²) in [6.45, 7) is 3.97. The number of esters is 1. The molecule has 0 fully saturated rings. The molecule has 2 aromatic rings. The third-order valence-electron chi connectivity index (χ3n) is 4.27. The molecule has 1 amide bonds. The minimum atomic E-state index is -0.368. The molecule has 0 spiro atoms. The molecule has 0 saturated heterocycles. The van der Waals surface area contributed by atoms with Crippen LogP contribution in [0.4, 0.5) is 0 Å². The minimum Gasteiger partial charge on any atom is -0.462 e. The van der Waals surface area contributed by atoms with Crippen LogP contribution in [0.5, 0.6) is 0 Å². The quantitative estimate of drug-likeness (QED) is 0.667. The highest BCUT2D eigenvalue weighted by Crippen LogP contribution is 2.28. The van der Waals surface area contributed by atoms with Gasteiger partial charge in [-0.1, -0.05) is 35.3 Å². The molecule has 7 heteroatoms. The summed E-state index contributed by atoms with van der Waals surface area (Å²) in [5.74, 6) is -0.477. The van der Waals surface area contributed by atoms with Crippen molar-refractivity contribution in [2.75, 3.05) is 6.61 Å². The fourth-order valence-corrected chi connectivity index (χ4v) is 3.41. The van der Waals surface area contributed by atoms with Crippen LogP contribution in [-0.4, -0.2) is 29.2 Å². The second-order valence-corrected chi connectivity index (χ2v) is 7.01. The third-order valence-corrected chi connectivity index (χ3v) is 4.71. The van der Waals surface area contributed by atoms with Crippen LogP contribution in [0.1, 0.15) is 47.8 Å². The number of hydrazone groups is 1. The first-order valence-electron chi connectivity index (χ1n) is 8.52. The Morgan fingerprint density at radius 1 is 1.19 bits per heavy atom. The van der Waals surface area contributed by atoms with Gasteiger partial charge in [0.05, 0.1) is 30.3 Å². The molecule has 0 N–H and O–H groups in total. The number of ether oxygens (including phenoxy) is 1. The maximum Gasteiger partial charge on any atom is 0.338 e. The molecular weight excluding hydrogens is 387 g/mol. The van der Waals surface area contributed by atoms with Gasteiger partial charge < -0.3 is 4.74 Å². The zero-order valence-corrected chi connectivity index (χ0v) is 16.4. The molecular formula is C20H18Cl2N2O3. The van der Waals surface area contributed by atoms with Gasteiger partial charge in [0.15, 0.2) is 0 Å². The molecule has 0 radical (unpaired) electrons. The molecule has 1 aliphatic rings. The Morgan fingerprint density at radius 3 is 2.41 bits per heavy atom. The van der Waals surface area contributed by atoms with Crippen molar-refractivity contribution in [1.29, 1.82) is 0 Å². The van der Waals surface area contributed by atoms with Crippen LogP contribution < -0.4 is 0 Å². The number of carbonyl (C=O) groups is 2. The molecule has 27 heavy (non-hydrogen) atoms. The first-order chi connectivity index (χ1) is 12.9. The van der Waals surface area contributed by atoms with E-state index in [2.05, 4.69) is 5.10 Å². The lowest BCUT2D eigenvalue weighted by Crippen LogP contribution is -2.24. The second kappa shape index (κ2) is 8.11. The predicted molar refractivity (Wildman–Crippen MR) is 105 cm³/mol. The molecule has 140 valence electrons. The van der Waals surface area contributed by atoms with E-state index in [1.165, 1.54) is 5.01 Å².